The average Bonchev–Trinajstić information content (AvgIpc) is 2.63. The van der Waals surface area contributed by atoms with Gasteiger partial charge in [0.15, 0.2) is 11.4 Å². The zero-order valence-corrected chi connectivity index (χ0v) is 16.0. The Morgan fingerprint density at radius 1 is 0.960 bits per heavy atom. The van der Waals surface area contributed by atoms with E-state index in [0.717, 1.165) is 69.0 Å². The Hall–Kier alpha value is -1.82. The van der Waals surface area contributed by atoms with Crippen LogP contribution >= 0.6 is 0 Å². The summed E-state index contributed by atoms with van der Waals surface area (Å²) in [5.41, 5.74) is 7.33. The van der Waals surface area contributed by atoms with Gasteiger partial charge in [0.2, 0.25) is 0 Å². The predicted molar refractivity (Wildman–Crippen MR) is 101 cm³/mol. The highest BCUT2D eigenvalue weighted by Gasteiger charge is 2.21. The molecule has 1 heterocycles. The van der Waals surface area contributed by atoms with Crippen molar-refractivity contribution in [2.45, 2.75) is 39.5 Å². The van der Waals surface area contributed by atoms with Crippen LogP contribution in [0.4, 0.5) is 11.4 Å². The molecule has 0 saturated carbocycles. The Labute approximate surface area is 151 Å². The van der Waals surface area contributed by atoms with E-state index in [1.807, 2.05) is 12.1 Å². The van der Waals surface area contributed by atoms with Crippen molar-refractivity contribution in [3.05, 3.63) is 12.1 Å². The Morgan fingerprint density at radius 2 is 1.56 bits per heavy atom. The SMILES string of the molecule is CCCCOc1cc(N2CCN(C)CC2)c(OCCCC)cc1N=[NH2+]. The summed E-state index contributed by atoms with van der Waals surface area (Å²) < 4.78 is 12.0. The summed E-state index contributed by atoms with van der Waals surface area (Å²) in [6.45, 7) is 9.75. The number of benzene rings is 1. The smallest absolute Gasteiger partial charge is 0.175 e. The number of unbranched alkanes of at least 4 members (excludes halogenated alkanes) is 2. The van der Waals surface area contributed by atoms with Crippen molar-refractivity contribution < 1.29 is 15.0 Å². The number of anilines is 1. The molecular weight excluding hydrogens is 316 g/mol. The lowest BCUT2D eigenvalue weighted by molar-refractivity contribution is -0.210. The lowest BCUT2D eigenvalue weighted by Gasteiger charge is -2.35. The van der Waals surface area contributed by atoms with Crippen LogP contribution in [0.25, 0.3) is 0 Å². The summed E-state index contributed by atoms with van der Waals surface area (Å²) in [5.74, 6) is 1.60. The van der Waals surface area contributed by atoms with Gasteiger partial charge in [-0.05, 0) is 25.0 Å². The topological polar surface area (TPSA) is 62.9 Å². The Balaban J connectivity index is 2.26. The van der Waals surface area contributed by atoms with Gasteiger partial charge in [-0.25, -0.2) is 0 Å². The first-order valence-corrected chi connectivity index (χ1v) is 9.47. The summed E-state index contributed by atoms with van der Waals surface area (Å²) >= 11 is 0. The molecule has 25 heavy (non-hydrogen) atoms. The summed E-state index contributed by atoms with van der Waals surface area (Å²) in [6, 6.07) is 3.97. The number of likely N-dealkylation sites (N-methyl/N-ethyl adjacent to an activating group) is 1. The van der Waals surface area contributed by atoms with E-state index in [2.05, 4.69) is 35.8 Å². The standard InChI is InChI=1S/C19H32N4O2/c1-4-6-12-24-18-15-17(23-10-8-22(3)9-11-23)19(14-16(18)21-20)25-13-7-5-2/h14-15,20H,4-13H2,1-3H3/p+1. The first kappa shape index (κ1) is 19.5. The minimum atomic E-state index is 0.653. The van der Waals surface area contributed by atoms with Crippen LogP contribution in [-0.2, 0) is 0 Å². The number of hydrogen-bond donors (Lipinski definition) is 1. The Kier molecular flexibility index (Phi) is 7.98. The molecule has 0 amide bonds. The highest BCUT2D eigenvalue weighted by atomic mass is 16.5. The van der Waals surface area contributed by atoms with E-state index < -0.39 is 0 Å². The molecule has 1 aromatic carbocycles. The molecule has 0 aromatic heterocycles. The molecule has 0 radical (unpaired) electrons. The monoisotopic (exact) mass is 349 g/mol. The van der Waals surface area contributed by atoms with Crippen molar-refractivity contribution in [1.82, 2.24) is 4.90 Å². The number of ether oxygens (including phenoxy) is 2. The van der Waals surface area contributed by atoms with E-state index in [0.29, 0.717) is 18.9 Å². The van der Waals surface area contributed by atoms with Gasteiger partial charge >= 0.3 is 0 Å². The van der Waals surface area contributed by atoms with Crippen molar-refractivity contribution in [1.29, 1.82) is 0 Å². The van der Waals surface area contributed by atoms with Gasteiger partial charge in [-0.15, -0.1) is 0 Å². The van der Waals surface area contributed by atoms with Crippen molar-refractivity contribution in [2.75, 3.05) is 51.3 Å². The van der Waals surface area contributed by atoms with Gasteiger partial charge in [0.05, 0.1) is 18.9 Å². The van der Waals surface area contributed by atoms with Gasteiger partial charge in [-0.3, -0.25) is 0 Å². The molecule has 140 valence electrons. The first-order chi connectivity index (χ1) is 12.2. The maximum Gasteiger partial charge on any atom is 0.175 e. The second-order valence-corrected chi connectivity index (χ2v) is 6.61. The summed E-state index contributed by atoms with van der Waals surface area (Å²) in [5, 5.41) is 3.90. The summed E-state index contributed by atoms with van der Waals surface area (Å²) in [7, 11) is 2.16. The van der Waals surface area contributed by atoms with Crippen LogP contribution in [0.3, 0.4) is 0 Å². The molecule has 6 heteroatoms. The van der Waals surface area contributed by atoms with E-state index in [1.54, 1.807) is 0 Å². The lowest BCUT2D eigenvalue weighted by atomic mass is 10.2. The summed E-state index contributed by atoms with van der Waals surface area (Å²) in [4.78, 5) is 4.71. The number of rotatable bonds is 10. The average molecular weight is 349 g/mol. The first-order valence-electron chi connectivity index (χ1n) is 9.47. The van der Waals surface area contributed by atoms with Crippen LogP contribution in [0, 0.1) is 0 Å². The van der Waals surface area contributed by atoms with Gasteiger partial charge in [-0.1, -0.05) is 26.7 Å². The minimum absolute atomic E-state index is 0.653. The van der Waals surface area contributed by atoms with Crippen molar-refractivity contribution >= 4 is 11.4 Å². The molecule has 1 fully saturated rings. The molecule has 1 aliphatic heterocycles. The van der Waals surface area contributed by atoms with Crippen molar-refractivity contribution in [3.8, 4) is 11.5 Å². The number of nitrogens with zero attached hydrogens (tertiary/aromatic N) is 3. The Morgan fingerprint density at radius 3 is 2.12 bits per heavy atom. The van der Waals surface area contributed by atoms with Crippen LogP contribution in [0.2, 0.25) is 0 Å². The zero-order valence-electron chi connectivity index (χ0n) is 16.0. The third-order valence-electron chi connectivity index (χ3n) is 4.53. The largest absolute Gasteiger partial charge is 0.491 e. The fraction of sp³-hybridized carbons (Fsp3) is 0.684. The second-order valence-electron chi connectivity index (χ2n) is 6.61. The van der Waals surface area contributed by atoms with E-state index in [9.17, 15) is 0 Å². The van der Waals surface area contributed by atoms with Gasteiger partial charge in [0, 0.05) is 38.3 Å². The molecule has 1 aromatic rings. The van der Waals surface area contributed by atoms with Gasteiger partial charge < -0.3 is 19.3 Å². The fourth-order valence-corrected chi connectivity index (χ4v) is 2.82. The van der Waals surface area contributed by atoms with Gasteiger partial charge in [0.1, 0.15) is 5.75 Å². The highest BCUT2D eigenvalue weighted by Crippen LogP contribution is 2.40. The molecule has 2 N–H and O–H groups in total. The third-order valence-corrected chi connectivity index (χ3v) is 4.53. The van der Waals surface area contributed by atoms with Crippen LogP contribution in [0.1, 0.15) is 39.5 Å². The van der Waals surface area contributed by atoms with Crippen molar-refractivity contribution in [3.63, 3.8) is 0 Å². The molecule has 1 saturated heterocycles. The van der Waals surface area contributed by atoms with E-state index in [1.165, 1.54) is 0 Å². The van der Waals surface area contributed by atoms with Gasteiger partial charge in [0.25, 0.3) is 0 Å². The molecule has 0 aliphatic carbocycles. The summed E-state index contributed by atoms with van der Waals surface area (Å²) in [6.07, 6.45) is 4.25. The van der Waals surface area contributed by atoms with Crippen LogP contribution in [-0.4, -0.2) is 51.3 Å². The second kappa shape index (κ2) is 10.2. The number of nitrogens with two attached hydrogens (primary N) is 1. The minimum Gasteiger partial charge on any atom is -0.491 e. The molecule has 0 atom stereocenters. The van der Waals surface area contributed by atoms with Crippen LogP contribution in [0.5, 0.6) is 11.5 Å². The van der Waals surface area contributed by atoms with E-state index >= 15 is 0 Å². The normalized spacial score (nSPS) is 15.2. The maximum absolute atomic E-state index is 6.05. The molecule has 2 rings (SSSR count). The Bertz CT molecular complexity index is 542. The lowest BCUT2D eigenvalue weighted by Crippen LogP contribution is -2.44. The number of hydrogen-bond acceptors (Lipinski definition) is 5. The molecule has 0 spiro atoms. The van der Waals surface area contributed by atoms with E-state index in [4.69, 9.17) is 15.0 Å². The maximum atomic E-state index is 6.05. The van der Waals surface area contributed by atoms with Crippen molar-refractivity contribution in [2.24, 2.45) is 5.11 Å². The predicted octanol–water partition coefficient (Wildman–Crippen LogP) is 2.64. The number of piperazine rings is 1. The van der Waals surface area contributed by atoms with Gasteiger partial charge in [-0.2, -0.15) is 5.53 Å². The third kappa shape index (κ3) is 5.59. The molecular formula is C19H33N4O2+. The van der Waals surface area contributed by atoms with Crippen LogP contribution in [0.15, 0.2) is 17.2 Å². The quantitative estimate of drug-likeness (QED) is 0.521. The molecule has 1 aliphatic rings. The molecule has 6 nitrogen and oxygen atoms in total. The fourth-order valence-electron chi connectivity index (χ4n) is 2.82. The zero-order chi connectivity index (χ0) is 18.1. The van der Waals surface area contributed by atoms with Crippen LogP contribution < -0.4 is 19.9 Å². The van der Waals surface area contributed by atoms with E-state index in [-0.39, 0.29) is 0 Å². The molecule has 0 bridgehead atoms. The molecule has 0 unspecified atom stereocenters. The highest BCUT2D eigenvalue weighted by molar-refractivity contribution is 5.70.